The maximum atomic E-state index is 11.4. The van der Waals surface area contributed by atoms with Crippen LogP contribution in [-0.4, -0.2) is 21.2 Å². The third kappa shape index (κ3) is 6.13. The van der Waals surface area contributed by atoms with Gasteiger partial charge in [0.15, 0.2) is 0 Å². The van der Waals surface area contributed by atoms with Crippen LogP contribution in [0.15, 0.2) is 36.4 Å². The Balaban J connectivity index is 2.31. The Morgan fingerprint density at radius 1 is 1.33 bits per heavy atom. The summed E-state index contributed by atoms with van der Waals surface area (Å²) in [5.41, 5.74) is -0.480. The number of carbonyl (C=O) groups is 1. The summed E-state index contributed by atoms with van der Waals surface area (Å²) in [6.07, 6.45) is 5.99. The summed E-state index contributed by atoms with van der Waals surface area (Å²) >= 11 is 0. The lowest BCUT2D eigenvalue weighted by Gasteiger charge is -2.18. The van der Waals surface area contributed by atoms with Gasteiger partial charge in [-0.3, -0.25) is 4.79 Å². The average molecular weight is 251 g/mol. The van der Waals surface area contributed by atoms with E-state index in [1.165, 1.54) is 6.08 Å². The number of esters is 1. The molecule has 1 N–H and O–H groups in total. The van der Waals surface area contributed by atoms with E-state index < -0.39 is 5.60 Å². The molecule has 0 spiro atoms. The van der Waals surface area contributed by atoms with Gasteiger partial charge in [0.25, 0.3) is 0 Å². The highest BCUT2D eigenvalue weighted by molar-refractivity contribution is 5.71. The van der Waals surface area contributed by atoms with Crippen molar-refractivity contribution in [3.63, 3.8) is 0 Å². The number of hydrogen-bond donors (Lipinski definition) is 1. The Bertz CT molecular complexity index is 399. The second kappa shape index (κ2) is 6.28. The van der Waals surface area contributed by atoms with Gasteiger partial charge in [0.05, 0.1) is 12.2 Å². The summed E-state index contributed by atoms with van der Waals surface area (Å²) in [7, 11) is 0. The SMILES string of the molecule is CC(C)(C)OC(=O)CC=C(O)CCn1cccc1. The van der Waals surface area contributed by atoms with Crippen LogP contribution in [-0.2, 0) is 16.1 Å². The molecule has 0 radical (unpaired) electrons. The summed E-state index contributed by atoms with van der Waals surface area (Å²) in [6, 6.07) is 3.86. The highest BCUT2D eigenvalue weighted by Gasteiger charge is 2.15. The normalized spacial score (nSPS) is 12.5. The maximum Gasteiger partial charge on any atom is 0.310 e. The summed E-state index contributed by atoms with van der Waals surface area (Å²) in [5, 5.41) is 9.64. The monoisotopic (exact) mass is 251 g/mol. The predicted molar refractivity (Wildman–Crippen MR) is 70.2 cm³/mol. The van der Waals surface area contributed by atoms with Gasteiger partial charge in [0.1, 0.15) is 5.60 Å². The van der Waals surface area contributed by atoms with Crippen molar-refractivity contribution in [3.8, 4) is 0 Å². The van der Waals surface area contributed by atoms with Gasteiger partial charge in [0.2, 0.25) is 0 Å². The molecule has 0 amide bonds. The summed E-state index contributed by atoms with van der Waals surface area (Å²) < 4.78 is 7.11. The number of rotatable bonds is 5. The molecule has 0 saturated heterocycles. The molecule has 1 aromatic rings. The molecule has 4 heteroatoms. The number of ether oxygens (including phenoxy) is 1. The molecule has 0 aliphatic rings. The lowest BCUT2D eigenvalue weighted by Crippen LogP contribution is -2.23. The molecule has 1 heterocycles. The first-order chi connectivity index (χ1) is 8.37. The number of carbonyl (C=O) groups excluding carboxylic acids is 1. The van der Waals surface area contributed by atoms with E-state index in [0.717, 1.165) is 0 Å². The van der Waals surface area contributed by atoms with Crippen molar-refractivity contribution >= 4 is 5.97 Å². The first kappa shape index (κ1) is 14.4. The minimum absolute atomic E-state index is 0.106. The largest absolute Gasteiger partial charge is 0.513 e. The summed E-state index contributed by atoms with van der Waals surface area (Å²) in [4.78, 5) is 11.4. The molecule has 4 nitrogen and oxygen atoms in total. The van der Waals surface area contributed by atoms with E-state index in [4.69, 9.17) is 4.74 Å². The third-order valence-corrected chi connectivity index (χ3v) is 2.22. The molecule has 0 aliphatic heterocycles. The first-order valence-corrected chi connectivity index (χ1v) is 6.07. The van der Waals surface area contributed by atoms with Crippen LogP contribution in [0.4, 0.5) is 0 Å². The van der Waals surface area contributed by atoms with Crippen molar-refractivity contribution < 1.29 is 14.6 Å². The van der Waals surface area contributed by atoms with E-state index in [1.54, 1.807) is 0 Å². The number of aromatic nitrogens is 1. The minimum atomic E-state index is -0.480. The first-order valence-electron chi connectivity index (χ1n) is 6.07. The van der Waals surface area contributed by atoms with Gasteiger partial charge in [0, 0.05) is 25.4 Å². The van der Waals surface area contributed by atoms with Gasteiger partial charge >= 0.3 is 5.97 Å². The molecule has 0 unspecified atom stereocenters. The summed E-state index contributed by atoms with van der Waals surface area (Å²) in [6.45, 7) is 6.16. The third-order valence-electron chi connectivity index (χ3n) is 2.22. The van der Waals surface area contributed by atoms with Crippen LogP contribution in [0.25, 0.3) is 0 Å². The van der Waals surface area contributed by atoms with E-state index in [1.807, 2.05) is 49.9 Å². The van der Waals surface area contributed by atoms with Crippen LogP contribution in [0, 0.1) is 0 Å². The summed E-state index contributed by atoms with van der Waals surface area (Å²) in [5.74, 6) is -0.107. The Hall–Kier alpha value is -1.71. The van der Waals surface area contributed by atoms with Crippen molar-refractivity contribution in [1.29, 1.82) is 0 Å². The van der Waals surface area contributed by atoms with E-state index in [-0.39, 0.29) is 18.1 Å². The van der Waals surface area contributed by atoms with Crippen LogP contribution in [0.5, 0.6) is 0 Å². The van der Waals surface area contributed by atoms with Gasteiger partial charge in [-0.2, -0.15) is 0 Å². The van der Waals surface area contributed by atoms with Crippen molar-refractivity contribution in [2.24, 2.45) is 0 Å². The molecular formula is C14H21NO3. The zero-order valence-corrected chi connectivity index (χ0v) is 11.2. The highest BCUT2D eigenvalue weighted by Crippen LogP contribution is 2.09. The van der Waals surface area contributed by atoms with E-state index in [9.17, 15) is 9.90 Å². The molecule has 1 aromatic heterocycles. The van der Waals surface area contributed by atoms with Crippen LogP contribution < -0.4 is 0 Å². The number of nitrogens with zero attached hydrogens (tertiary/aromatic N) is 1. The predicted octanol–water partition coefficient (Wildman–Crippen LogP) is 3.05. The molecule has 1 rings (SSSR count). The quantitative estimate of drug-likeness (QED) is 0.646. The van der Waals surface area contributed by atoms with Crippen LogP contribution >= 0.6 is 0 Å². The number of allylic oxidation sites excluding steroid dienone is 1. The number of aliphatic hydroxyl groups excluding tert-OH is 1. The maximum absolute atomic E-state index is 11.4. The Labute approximate surface area is 108 Å². The Morgan fingerprint density at radius 3 is 2.50 bits per heavy atom. The van der Waals surface area contributed by atoms with Crippen molar-refractivity contribution in [2.75, 3.05) is 0 Å². The fourth-order valence-corrected chi connectivity index (χ4v) is 1.45. The second-order valence-electron chi connectivity index (χ2n) is 5.16. The second-order valence-corrected chi connectivity index (χ2v) is 5.16. The van der Waals surface area contributed by atoms with Gasteiger partial charge < -0.3 is 14.4 Å². The lowest BCUT2D eigenvalue weighted by molar-refractivity contribution is -0.153. The lowest BCUT2D eigenvalue weighted by atomic mass is 10.2. The zero-order chi connectivity index (χ0) is 13.6. The molecule has 0 bridgehead atoms. The van der Waals surface area contributed by atoms with E-state index in [2.05, 4.69) is 0 Å². The molecule has 0 fully saturated rings. The average Bonchev–Trinajstić information content (AvgIpc) is 2.74. The van der Waals surface area contributed by atoms with Crippen LogP contribution in [0.2, 0.25) is 0 Å². The number of aliphatic hydroxyl groups is 1. The molecular weight excluding hydrogens is 230 g/mol. The van der Waals surface area contributed by atoms with Crippen molar-refractivity contribution in [3.05, 3.63) is 36.4 Å². The van der Waals surface area contributed by atoms with Crippen molar-refractivity contribution in [1.82, 2.24) is 4.57 Å². The molecule has 0 aliphatic carbocycles. The number of hydrogen-bond acceptors (Lipinski definition) is 3. The molecule has 0 atom stereocenters. The van der Waals surface area contributed by atoms with E-state index >= 15 is 0 Å². The fourth-order valence-electron chi connectivity index (χ4n) is 1.45. The zero-order valence-electron chi connectivity index (χ0n) is 11.2. The highest BCUT2D eigenvalue weighted by atomic mass is 16.6. The van der Waals surface area contributed by atoms with E-state index in [0.29, 0.717) is 13.0 Å². The van der Waals surface area contributed by atoms with Crippen molar-refractivity contribution in [2.45, 2.75) is 45.8 Å². The number of aryl methyl sites for hydroxylation is 1. The molecule has 0 saturated carbocycles. The smallest absolute Gasteiger partial charge is 0.310 e. The van der Waals surface area contributed by atoms with Crippen LogP contribution in [0.1, 0.15) is 33.6 Å². The minimum Gasteiger partial charge on any atom is -0.513 e. The van der Waals surface area contributed by atoms with Gasteiger partial charge in [-0.25, -0.2) is 0 Å². The van der Waals surface area contributed by atoms with Gasteiger partial charge in [-0.1, -0.05) is 0 Å². The molecule has 18 heavy (non-hydrogen) atoms. The fraction of sp³-hybridized carbons (Fsp3) is 0.500. The van der Waals surface area contributed by atoms with Crippen LogP contribution in [0.3, 0.4) is 0 Å². The molecule has 100 valence electrons. The Kier molecular flexibility index (Phi) is 5.01. The Morgan fingerprint density at radius 2 is 1.94 bits per heavy atom. The van der Waals surface area contributed by atoms with Gasteiger partial charge in [-0.15, -0.1) is 0 Å². The molecule has 0 aromatic carbocycles. The topological polar surface area (TPSA) is 51.5 Å². The van der Waals surface area contributed by atoms with Gasteiger partial charge in [-0.05, 0) is 39.0 Å². The standard InChI is InChI=1S/C14H21NO3/c1-14(2,3)18-13(17)7-6-12(16)8-11-15-9-4-5-10-15/h4-6,9-10,16H,7-8,11H2,1-3H3.